The molecule has 5 heteroatoms. The highest BCUT2D eigenvalue weighted by atomic mass is 79.9. The number of Topliss-reactive ketones (excluding diaryl/α,β-unsaturated/α-hetero) is 1. The summed E-state index contributed by atoms with van der Waals surface area (Å²) in [6.45, 7) is 11.7. The Bertz CT molecular complexity index is 1410. The van der Waals surface area contributed by atoms with Crippen LogP contribution in [0.4, 0.5) is 11.4 Å². The molecule has 0 atom stereocenters. The minimum atomic E-state index is -0.289. The lowest BCUT2D eigenvalue weighted by Crippen LogP contribution is -2.31. The minimum absolute atomic E-state index is 0.0829. The van der Waals surface area contributed by atoms with E-state index in [0.29, 0.717) is 11.1 Å². The molecule has 0 saturated heterocycles. The van der Waals surface area contributed by atoms with Gasteiger partial charge in [-0.2, -0.15) is 4.58 Å². The summed E-state index contributed by atoms with van der Waals surface area (Å²) < 4.78 is 3.14. The molecule has 1 N–H and O–H groups in total. The molecule has 35 heavy (non-hydrogen) atoms. The van der Waals surface area contributed by atoms with Gasteiger partial charge in [-0.15, -0.1) is 0 Å². The summed E-state index contributed by atoms with van der Waals surface area (Å²) in [6.07, 6.45) is 4.76. The Kier molecular flexibility index (Phi) is 5.48. The maximum absolute atomic E-state index is 13.4. The largest absolute Gasteiger partial charge is 0.506 e. The van der Waals surface area contributed by atoms with Gasteiger partial charge in [0, 0.05) is 45.5 Å². The third-order valence-electron chi connectivity index (χ3n) is 7.80. The van der Waals surface area contributed by atoms with Gasteiger partial charge in [0.2, 0.25) is 11.5 Å². The molecule has 3 aliphatic rings. The first-order valence-corrected chi connectivity index (χ1v) is 13.0. The number of anilines is 1. The van der Waals surface area contributed by atoms with Gasteiger partial charge in [0.15, 0.2) is 5.71 Å². The molecule has 0 amide bonds. The van der Waals surface area contributed by atoms with Crippen LogP contribution in [0, 0.1) is 0 Å². The SMILES string of the molecule is CCCN1C(=CC2=C(O)C(=CC3=[N+](C)c4ccc(Br)cc4C3(C)C)C2=O)C(C)(C)c2ccccc21. The minimum Gasteiger partial charge on any atom is -0.506 e. The van der Waals surface area contributed by atoms with E-state index < -0.39 is 0 Å². The molecule has 4 nitrogen and oxygen atoms in total. The average Bonchev–Trinajstić information content (AvgIpc) is 3.14. The summed E-state index contributed by atoms with van der Waals surface area (Å²) in [5.74, 6) is -0.0217. The summed E-state index contributed by atoms with van der Waals surface area (Å²) >= 11 is 3.58. The van der Waals surface area contributed by atoms with E-state index in [4.69, 9.17) is 0 Å². The van der Waals surface area contributed by atoms with Crippen molar-refractivity contribution < 1.29 is 14.5 Å². The molecule has 1 aliphatic carbocycles. The maximum Gasteiger partial charge on any atom is 0.209 e. The van der Waals surface area contributed by atoms with E-state index in [1.807, 2.05) is 25.3 Å². The van der Waals surface area contributed by atoms with Gasteiger partial charge in [0.05, 0.1) is 16.6 Å². The number of benzene rings is 2. The van der Waals surface area contributed by atoms with E-state index in [-0.39, 0.29) is 22.4 Å². The number of para-hydroxylation sites is 1. The van der Waals surface area contributed by atoms with Gasteiger partial charge in [-0.05, 0) is 50.1 Å². The number of allylic oxidation sites excluding steroid dienone is 5. The molecule has 0 aromatic heterocycles. The van der Waals surface area contributed by atoms with Crippen molar-refractivity contribution in [2.45, 2.75) is 51.9 Å². The second kappa shape index (κ2) is 8.06. The molecule has 0 saturated carbocycles. The van der Waals surface area contributed by atoms with Gasteiger partial charge < -0.3 is 10.0 Å². The molecule has 2 aromatic rings. The van der Waals surface area contributed by atoms with E-state index >= 15 is 0 Å². The predicted molar refractivity (Wildman–Crippen MR) is 146 cm³/mol. The third-order valence-corrected chi connectivity index (χ3v) is 8.30. The first-order valence-electron chi connectivity index (χ1n) is 12.2. The van der Waals surface area contributed by atoms with Crippen LogP contribution < -0.4 is 4.90 Å². The highest BCUT2D eigenvalue weighted by molar-refractivity contribution is 9.10. The van der Waals surface area contributed by atoms with Gasteiger partial charge in [0.1, 0.15) is 12.8 Å². The molecule has 0 spiro atoms. The molecule has 2 aromatic carbocycles. The highest BCUT2D eigenvalue weighted by Crippen LogP contribution is 2.49. The van der Waals surface area contributed by atoms with E-state index in [2.05, 4.69) is 96.4 Å². The van der Waals surface area contributed by atoms with Crippen LogP contribution in [0.15, 0.2) is 81.7 Å². The summed E-state index contributed by atoms with van der Waals surface area (Å²) in [4.78, 5) is 15.6. The van der Waals surface area contributed by atoms with Crippen molar-refractivity contribution in [2.24, 2.45) is 0 Å². The zero-order chi connectivity index (χ0) is 25.3. The first kappa shape index (κ1) is 23.8. The van der Waals surface area contributed by atoms with Gasteiger partial charge in [0.25, 0.3) is 0 Å². The van der Waals surface area contributed by atoms with Crippen molar-refractivity contribution >= 4 is 38.8 Å². The van der Waals surface area contributed by atoms with Gasteiger partial charge in [-0.3, -0.25) is 4.79 Å². The molecule has 180 valence electrons. The highest BCUT2D eigenvalue weighted by Gasteiger charge is 2.46. The quantitative estimate of drug-likeness (QED) is 0.345. The number of nitrogens with zero attached hydrogens (tertiary/aromatic N) is 2. The Morgan fingerprint density at radius 1 is 1.03 bits per heavy atom. The normalized spacial score (nSPS) is 22.3. The molecule has 2 aliphatic heterocycles. The van der Waals surface area contributed by atoms with E-state index in [1.165, 1.54) is 16.8 Å². The number of hydrogen-bond donors (Lipinski definition) is 1. The Balaban J connectivity index is 1.56. The predicted octanol–water partition coefficient (Wildman–Crippen LogP) is 6.87. The number of carbonyl (C=O) groups excluding carboxylic acids is 1. The van der Waals surface area contributed by atoms with E-state index in [1.54, 1.807) is 0 Å². The van der Waals surface area contributed by atoms with Crippen molar-refractivity contribution in [3.8, 4) is 0 Å². The molecule has 0 unspecified atom stereocenters. The molecular weight excluding hydrogens is 500 g/mol. The Morgan fingerprint density at radius 3 is 2.43 bits per heavy atom. The molecule has 0 fully saturated rings. The number of hydrogen-bond acceptors (Lipinski definition) is 3. The maximum atomic E-state index is 13.4. The van der Waals surface area contributed by atoms with Crippen LogP contribution in [0.1, 0.15) is 52.2 Å². The van der Waals surface area contributed by atoms with Crippen LogP contribution in [-0.2, 0) is 15.6 Å². The lowest BCUT2D eigenvalue weighted by molar-refractivity contribution is -0.401. The van der Waals surface area contributed by atoms with Crippen molar-refractivity contribution in [3.63, 3.8) is 0 Å². The second-order valence-corrected chi connectivity index (χ2v) is 11.6. The number of aliphatic hydroxyl groups excluding tert-OH is 1. The van der Waals surface area contributed by atoms with Gasteiger partial charge in [-0.25, -0.2) is 0 Å². The second-order valence-electron chi connectivity index (χ2n) is 10.7. The van der Waals surface area contributed by atoms with Crippen molar-refractivity contribution in [3.05, 3.63) is 92.8 Å². The van der Waals surface area contributed by atoms with Crippen LogP contribution in [0.25, 0.3) is 0 Å². The smallest absolute Gasteiger partial charge is 0.209 e. The fourth-order valence-corrected chi connectivity index (χ4v) is 6.18. The molecule has 0 bridgehead atoms. The molecular formula is C30H32BrN2O2+. The van der Waals surface area contributed by atoms with Crippen LogP contribution in [0.5, 0.6) is 0 Å². The number of aliphatic hydroxyl groups is 1. The Hall–Kier alpha value is -2.92. The summed E-state index contributed by atoms with van der Waals surface area (Å²) in [6, 6.07) is 14.7. The monoisotopic (exact) mass is 531 g/mol. The standard InChI is InChI=1S/C30H31BrN2O2/c1-7-14-33-24-11-9-8-10-21(24)29(2,3)26(33)17-20-27(34)19(28(20)35)16-25-30(4,5)22-15-18(31)12-13-23(22)32(25)6/h8-13,15-17H,7,14H2,1-6H3/p+1. The first-order chi connectivity index (χ1) is 16.5. The van der Waals surface area contributed by atoms with Crippen LogP contribution in [0.2, 0.25) is 0 Å². The molecule has 2 heterocycles. The number of fused-ring (bicyclic) bond motifs is 2. The number of carbonyl (C=O) groups is 1. The molecule has 5 rings (SSSR count). The van der Waals surface area contributed by atoms with Crippen molar-refractivity contribution in [1.82, 2.24) is 0 Å². The van der Waals surface area contributed by atoms with Crippen LogP contribution >= 0.6 is 15.9 Å². The van der Waals surface area contributed by atoms with Gasteiger partial charge >= 0.3 is 0 Å². The van der Waals surface area contributed by atoms with E-state index in [9.17, 15) is 9.90 Å². The van der Waals surface area contributed by atoms with Crippen LogP contribution in [-0.4, -0.2) is 34.8 Å². The number of rotatable bonds is 4. The lowest BCUT2D eigenvalue weighted by Gasteiger charge is -2.29. The van der Waals surface area contributed by atoms with Crippen molar-refractivity contribution in [1.29, 1.82) is 0 Å². The fraction of sp³-hybridized carbons (Fsp3) is 0.333. The Labute approximate surface area is 216 Å². The van der Waals surface area contributed by atoms with Crippen molar-refractivity contribution in [2.75, 3.05) is 18.5 Å². The topological polar surface area (TPSA) is 43.5 Å². The Morgan fingerprint density at radius 2 is 1.74 bits per heavy atom. The summed E-state index contributed by atoms with van der Waals surface area (Å²) in [7, 11) is 2.02. The average molecular weight is 533 g/mol. The van der Waals surface area contributed by atoms with E-state index in [0.717, 1.165) is 34.5 Å². The zero-order valence-corrected chi connectivity index (χ0v) is 22.8. The molecule has 0 radical (unpaired) electrons. The zero-order valence-electron chi connectivity index (χ0n) is 21.2. The van der Waals surface area contributed by atoms with Crippen LogP contribution in [0.3, 0.4) is 0 Å². The summed E-state index contributed by atoms with van der Waals surface area (Å²) in [5.41, 5.74) is 7.02. The number of ketones is 1. The summed E-state index contributed by atoms with van der Waals surface area (Å²) in [5, 5.41) is 11.1. The number of halogens is 1. The third kappa shape index (κ3) is 3.39. The lowest BCUT2D eigenvalue weighted by atomic mass is 9.77. The van der Waals surface area contributed by atoms with Gasteiger partial charge in [-0.1, -0.05) is 54.9 Å². The fourth-order valence-electron chi connectivity index (χ4n) is 5.82.